The van der Waals surface area contributed by atoms with Crippen molar-refractivity contribution < 1.29 is 9.53 Å². The minimum Gasteiger partial charge on any atom is -0.465 e. The van der Waals surface area contributed by atoms with Crippen LogP contribution in [0, 0.1) is 0 Å². The van der Waals surface area contributed by atoms with E-state index in [4.69, 9.17) is 4.74 Å². The van der Waals surface area contributed by atoms with Crippen LogP contribution in [0.5, 0.6) is 0 Å². The quantitative estimate of drug-likeness (QED) is 0.739. The second-order valence-electron chi connectivity index (χ2n) is 5.95. The molecule has 2 aromatic rings. The van der Waals surface area contributed by atoms with Crippen molar-refractivity contribution in [2.75, 3.05) is 7.11 Å². The normalized spacial score (nSPS) is 18.1. The van der Waals surface area contributed by atoms with E-state index in [2.05, 4.69) is 15.6 Å². The van der Waals surface area contributed by atoms with Crippen LogP contribution in [0.15, 0.2) is 41.0 Å². The number of hydrogen-bond donors (Lipinski definition) is 0. The van der Waals surface area contributed by atoms with Crippen molar-refractivity contribution in [3.05, 3.63) is 47.3 Å². The predicted octanol–water partition coefficient (Wildman–Crippen LogP) is 4.27. The van der Waals surface area contributed by atoms with E-state index in [-0.39, 0.29) is 5.97 Å². The van der Waals surface area contributed by atoms with Gasteiger partial charge in [0.05, 0.1) is 18.2 Å². The Bertz CT molecular complexity index is 884. The molecule has 116 valence electrons. The molecule has 0 unspecified atom stereocenters. The number of ether oxygens (including phenoxy) is 1. The maximum absolute atomic E-state index is 11.8. The molecule has 4 nitrogen and oxygen atoms in total. The van der Waals surface area contributed by atoms with E-state index in [1.807, 2.05) is 36.8 Å². The van der Waals surface area contributed by atoms with Gasteiger partial charge in [0.1, 0.15) is 0 Å². The molecular weight excluding hydrogens is 288 g/mol. The van der Waals surface area contributed by atoms with Gasteiger partial charge in [0.25, 0.3) is 0 Å². The van der Waals surface area contributed by atoms with Crippen molar-refractivity contribution in [2.24, 2.45) is 4.99 Å². The van der Waals surface area contributed by atoms with E-state index >= 15 is 0 Å². The van der Waals surface area contributed by atoms with Gasteiger partial charge in [-0.3, -0.25) is 4.99 Å². The Morgan fingerprint density at radius 1 is 1.22 bits per heavy atom. The Kier molecular flexibility index (Phi) is 3.37. The molecule has 1 aliphatic carbocycles. The highest BCUT2D eigenvalue weighted by molar-refractivity contribution is 5.99. The number of rotatable bonds is 1. The van der Waals surface area contributed by atoms with Gasteiger partial charge in [-0.1, -0.05) is 6.07 Å². The number of benzene rings is 1. The van der Waals surface area contributed by atoms with Crippen LogP contribution in [0.2, 0.25) is 0 Å². The van der Waals surface area contributed by atoms with Gasteiger partial charge in [-0.25, -0.2) is 4.79 Å². The Morgan fingerprint density at radius 2 is 2.09 bits per heavy atom. The summed E-state index contributed by atoms with van der Waals surface area (Å²) >= 11 is 0. The summed E-state index contributed by atoms with van der Waals surface area (Å²) in [5.74, 6) is -0.312. The van der Waals surface area contributed by atoms with E-state index in [1.165, 1.54) is 36.8 Å². The third kappa shape index (κ3) is 2.31. The summed E-state index contributed by atoms with van der Waals surface area (Å²) in [6.45, 7) is 0. The average Bonchev–Trinajstić information content (AvgIpc) is 2.93. The van der Waals surface area contributed by atoms with E-state index in [0.717, 1.165) is 23.7 Å². The number of fused-ring (bicyclic) bond motifs is 4. The molecule has 0 N–H and O–H groups in total. The highest BCUT2D eigenvalue weighted by atomic mass is 16.5. The minimum absolute atomic E-state index is 0.312. The van der Waals surface area contributed by atoms with Crippen LogP contribution < -0.4 is 0 Å². The lowest BCUT2D eigenvalue weighted by Crippen LogP contribution is -2.05. The maximum atomic E-state index is 11.8. The molecular formula is C19H18N2O2. The van der Waals surface area contributed by atoms with Crippen LogP contribution in [0.25, 0.3) is 22.7 Å². The number of nitrogens with zero attached hydrogens (tertiary/aromatic N) is 2. The number of methoxy groups -OCH3 is 1. The van der Waals surface area contributed by atoms with Crippen molar-refractivity contribution in [3.8, 4) is 0 Å². The molecule has 0 radical (unpaired) electrons. The summed E-state index contributed by atoms with van der Waals surface area (Å²) in [7, 11) is 1.41. The molecule has 4 rings (SSSR count). The number of allylic oxidation sites excluding steroid dienone is 2. The molecule has 4 heteroatoms. The van der Waals surface area contributed by atoms with Gasteiger partial charge in [-0.2, -0.15) is 0 Å². The lowest BCUT2D eigenvalue weighted by Gasteiger charge is -2.19. The number of carbonyl (C=O) groups is 1. The number of aromatic nitrogens is 1. The Labute approximate surface area is 134 Å². The Morgan fingerprint density at radius 3 is 2.96 bits per heavy atom. The summed E-state index contributed by atoms with van der Waals surface area (Å²) < 4.78 is 6.98. The molecule has 0 amide bonds. The SMILES string of the molecule is COC(=O)c1ccc2cc3n(c2c1)/C=C\N=CC1=C3CCCC1. The van der Waals surface area contributed by atoms with Crippen LogP contribution in [-0.2, 0) is 4.74 Å². The van der Waals surface area contributed by atoms with Crippen LogP contribution in [0.3, 0.4) is 0 Å². The van der Waals surface area contributed by atoms with Gasteiger partial charge in [0.15, 0.2) is 0 Å². The molecule has 0 fully saturated rings. The lowest BCUT2D eigenvalue weighted by atomic mass is 9.90. The fraction of sp³-hybridized carbons (Fsp3) is 0.263. The minimum atomic E-state index is -0.312. The molecule has 0 bridgehead atoms. The molecule has 0 spiro atoms. The second kappa shape index (κ2) is 5.54. The molecule has 23 heavy (non-hydrogen) atoms. The molecule has 2 aliphatic rings. The zero-order chi connectivity index (χ0) is 15.8. The van der Waals surface area contributed by atoms with Crippen LogP contribution in [-0.4, -0.2) is 23.9 Å². The first kappa shape index (κ1) is 14.0. The zero-order valence-electron chi connectivity index (χ0n) is 13.1. The number of aliphatic imine (C=N–C) groups is 1. The van der Waals surface area contributed by atoms with Gasteiger partial charge in [0, 0.05) is 29.7 Å². The first-order valence-electron chi connectivity index (χ1n) is 7.93. The molecule has 0 atom stereocenters. The standard InChI is InChI=1S/C19H18N2O2/c1-23-19(22)14-7-6-13-10-18-16-5-3-2-4-15(16)12-20-8-9-21(18)17(13)11-14/h6-12H,2-5H2,1H3/b9-8-,20-12?. The number of hydrogen-bond acceptors (Lipinski definition) is 3. The Balaban J connectivity index is 1.96. The third-order valence-corrected chi connectivity index (χ3v) is 4.61. The van der Waals surface area contributed by atoms with Crippen LogP contribution in [0.1, 0.15) is 41.7 Å². The third-order valence-electron chi connectivity index (χ3n) is 4.61. The van der Waals surface area contributed by atoms with Gasteiger partial charge in [-0.05, 0) is 55.0 Å². The smallest absolute Gasteiger partial charge is 0.337 e. The van der Waals surface area contributed by atoms with Gasteiger partial charge in [0.2, 0.25) is 0 Å². The van der Waals surface area contributed by atoms with E-state index in [9.17, 15) is 4.79 Å². The summed E-state index contributed by atoms with van der Waals surface area (Å²) in [4.78, 5) is 16.2. The largest absolute Gasteiger partial charge is 0.465 e. The highest BCUT2D eigenvalue weighted by Crippen LogP contribution is 2.36. The van der Waals surface area contributed by atoms with Gasteiger partial charge >= 0.3 is 5.97 Å². The Hall–Kier alpha value is -2.62. The summed E-state index contributed by atoms with van der Waals surface area (Å²) in [5.41, 5.74) is 5.49. The molecule has 1 aromatic carbocycles. The van der Waals surface area contributed by atoms with Gasteiger partial charge in [-0.15, -0.1) is 0 Å². The summed E-state index contributed by atoms with van der Waals surface area (Å²) in [6, 6.07) is 7.90. The van der Waals surface area contributed by atoms with Crippen molar-refractivity contribution >= 4 is 34.9 Å². The van der Waals surface area contributed by atoms with Crippen molar-refractivity contribution in [1.29, 1.82) is 0 Å². The zero-order valence-corrected chi connectivity index (χ0v) is 13.1. The van der Waals surface area contributed by atoms with Gasteiger partial charge < -0.3 is 9.30 Å². The monoisotopic (exact) mass is 306 g/mol. The van der Waals surface area contributed by atoms with E-state index < -0.39 is 0 Å². The van der Waals surface area contributed by atoms with Crippen LogP contribution in [0.4, 0.5) is 0 Å². The average molecular weight is 306 g/mol. The fourth-order valence-electron chi connectivity index (χ4n) is 3.46. The maximum Gasteiger partial charge on any atom is 0.337 e. The van der Waals surface area contributed by atoms with Crippen molar-refractivity contribution in [3.63, 3.8) is 0 Å². The predicted molar refractivity (Wildman–Crippen MR) is 92.5 cm³/mol. The van der Waals surface area contributed by atoms with E-state index in [0.29, 0.717) is 5.56 Å². The molecule has 1 aromatic heterocycles. The number of carbonyl (C=O) groups excluding carboxylic acids is 1. The second-order valence-corrected chi connectivity index (χ2v) is 5.95. The highest BCUT2D eigenvalue weighted by Gasteiger charge is 2.19. The van der Waals surface area contributed by atoms with Crippen molar-refractivity contribution in [2.45, 2.75) is 25.7 Å². The molecule has 1 aliphatic heterocycles. The molecule has 0 saturated heterocycles. The van der Waals surface area contributed by atoms with Crippen molar-refractivity contribution in [1.82, 2.24) is 4.57 Å². The van der Waals surface area contributed by atoms with Crippen LogP contribution >= 0.6 is 0 Å². The first-order chi connectivity index (χ1) is 11.3. The summed E-state index contributed by atoms with van der Waals surface area (Å²) in [6.07, 6.45) is 10.4. The molecule has 2 heterocycles. The molecule has 0 saturated carbocycles. The van der Waals surface area contributed by atoms with E-state index in [1.54, 1.807) is 0 Å². The first-order valence-corrected chi connectivity index (χ1v) is 7.93. The lowest BCUT2D eigenvalue weighted by molar-refractivity contribution is 0.0601. The topological polar surface area (TPSA) is 43.6 Å². The number of esters is 1. The summed E-state index contributed by atoms with van der Waals surface area (Å²) in [5, 5.41) is 1.12. The fourth-order valence-corrected chi connectivity index (χ4v) is 3.46.